The van der Waals surface area contributed by atoms with Gasteiger partial charge >= 0.3 is 0 Å². The van der Waals surface area contributed by atoms with E-state index in [2.05, 4.69) is 11.9 Å². The Labute approximate surface area is 116 Å². The number of pyridine rings is 1. The Morgan fingerprint density at radius 1 is 1.11 bits per heavy atom. The van der Waals surface area contributed by atoms with Crippen molar-refractivity contribution in [3.8, 4) is 5.75 Å². The Morgan fingerprint density at radius 2 is 1.84 bits per heavy atom. The van der Waals surface area contributed by atoms with Gasteiger partial charge < -0.3 is 4.74 Å². The van der Waals surface area contributed by atoms with Gasteiger partial charge in [-0.3, -0.25) is 4.98 Å². The lowest BCUT2D eigenvalue weighted by Crippen LogP contribution is -2.34. The number of rotatable bonds is 2. The molecule has 2 aliphatic rings. The highest BCUT2D eigenvalue weighted by molar-refractivity contribution is 5.28. The lowest BCUT2D eigenvalue weighted by Gasteiger charge is -2.43. The molecule has 0 unspecified atom stereocenters. The summed E-state index contributed by atoms with van der Waals surface area (Å²) in [4.78, 5) is 4.13. The van der Waals surface area contributed by atoms with Crippen LogP contribution in [0.4, 0.5) is 0 Å². The first-order valence-corrected chi connectivity index (χ1v) is 7.85. The minimum absolute atomic E-state index is 0.425. The number of hydrogen-bond acceptors (Lipinski definition) is 2. The maximum Gasteiger partial charge on any atom is 0.125 e. The number of hydrogen-bond donors (Lipinski definition) is 0. The summed E-state index contributed by atoms with van der Waals surface area (Å²) in [5.41, 5.74) is 1.84. The summed E-state index contributed by atoms with van der Waals surface area (Å²) in [6.45, 7) is 2.08. The predicted octanol–water partition coefficient (Wildman–Crippen LogP) is 4.66. The summed E-state index contributed by atoms with van der Waals surface area (Å²) in [5, 5.41) is 0. The van der Waals surface area contributed by atoms with Crippen molar-refractivity contribution in [3.05, 3.63) is 24.0 Å². The van der Waals surface area contributed by atoms with E-state index in [-0.39, 0.29) is 0 Å². The summed E-state index contributed by atoms with van der Waals surface area (Å²) in [5.74, 6) is 1.03. The second-order valence-electron chi connectivity index (χ2n) is 6.52. The zero-order valence-electron chi connectivity index (χ0n) is 12.0. The molecule has 2 fully saturated rings. The summed E-state index contributed by atoms with van der Waals surface area (Å²) in [6.07, 6.45) is 16.7. The molecule has 0 aliphatic heterocycles. The molecular formula is C17H25NO. The molecule has 0 bridgehead atoms. The van der Waals surface area contributed by atoms with Gasteiger partial charge in [-0.2, -0.15) is 0 Å². The quantitative estimate of drug-likeness (QED) is 0.770. The Bertz CT molecular complexity index is 413. The zero-order valence-corrected chi connectivity index (χ0v) is 12.0. The van der Waals surface area contributed by atoms with Crippen molar-refractivity contribution in [2.45, 2.75) is 70.8 Å². The van der Waals surface area contributed by atoms with Crippen LogP contribution in [0.1, 0.15) is 63.4 Å². The molecule has 104 valence electrons. The van der Waals surface area contributed by atoms with Gasteiger partial charge in [-0.25, -0.2) is 0 Å². The topological polar surface area (TPSA) is 22.1 Å². The molecule has 0 aromatic carbocycles. The van der Waals surface area contributed by atoms with Crippen LogP contribution in [0.15, 0.2) is 18.5 Å². The number of ether oxygens (including phenoxy) is 1. The highest BCUT2D eigenvalue weighted by Gasteiger charge is 2.36. The third-order valence-corrected chi connectivity index (χ3v) is 5.17. The van der Waals surface area contributed by atoms with Crippen LogP contribution in [0.25, 0.3) is 0 Å². The maximum atomic E-state index is 6.18. The number of nitrogens with zero attached hydrogens (tertiary/aromatic N) is 1. The van der Waals surface area contributed by atoms with Crippen LogP contribution in [0, 0.1) is 12.3 Å². The third kappa shape index (κ3) is 2.93. The van der Waals surface area contributed by atoms with E-state index < -0.39 is 0 Å². The van der Waals surface area contributed by atoms with Gasteiger partial charge in [0.2, 0.25) is 0 Å². The van der Waals surface area contributed by atoms with Gasteiger partial charge in [0.1, 0.15) is 5.75 Å². The predicted molar refractivity (Wildman–Crippen MR) is 77.4 cm³/mol. The molecule has 1 spiro atoms. The SMILES string of the molecule is Cc1cnccc1OC1CCC2(CCCCC2)CC1. The fourth-order valence-electron chi connectivity index (χ4n) is 3.90. The van der Waals surface area contributed by atoms with Crippen LogP contribution in [0.2, 0.25) is 0 Å². The Hall–Kier alpha value is -1.05. The van der Waals surface area contributed by atoms with Gasteiger partial charge in [0.15, 0.2) is 0 Å². The highest BCUT2D eigenvalue weighted by atomic mass is 16.5. The second kappa shape index (κ2) is 5.52. The van der Waals surface area contributed by atoms with Crippen molar-refractivity contribution in [1.82, 2.24) is 4.98 Å². The molecule has 0 amide bonds. The Morgan fingerprint density at radius 3 is 2.53 bits per heavy atom. The van der Waals surface area contributed by atoms with Crippen LogP contribution in [-0.4, -0.2) is 11.1 Å². The van der Waals surface area contributed by atoms with Crippen LogP contribution in [0.3, 0.4) is 0 Å². The Kier molecular flexibility index (Phi) is 3.76. The van der Waals surface area contributed by atoms with E-state index in [0.29, 0.717) is 11.5 Å². The molecule has 2 saturated carbocycles. The molecule has 1 aromatic rings. The smallest absolute Gasteiger partial charge is 0.125 e. The summed E-state index contributed by atoms with van der Waals surface area (Å²) < 4.78 is 6.18. The molecule has 0 saturated heterocycles. The largest absolute Gasteiger partial charge is 0.490 e. The summed E-state index contributed by atoms with van der Waals surface area (Å²) in [6, 6.07) is 2.00. The van der Waals surface area contributed by atoms with Gasteiger partial charge in [-0.15, -0.1) is 0 Å². The summed E-state index contributed by atoms with van der Waals surface area (Å²) >= 11 is 0. The van der Waals surface area contributed by atoms with E-state index in [0.717, 1.165) is 11.3 Å². The minimum Gasteiger partial charge on any atom is -0.490 e. The molecule has 2 heteroatoms. The monoisotopic (exact) mass is 259 g/mol. The first kappa shape index (κ1) is 13.0. The Balaban J connectivity index is 1.57. The van der Waals surface area contributed by atoms with Crippen molar-refractivity contribution in [2.24, 2.45) is 5.41 Å². The van der Waals surface area contributed by atoms with E-state index in [9.17, 15) is 0 Å². The second-order valence-corrected chi connectivity index (χ2v) is 6.52. The summed E-state index contributed by atoms with van der Waals surface area (Å²) in [7, 11) is 0. The number of aromatic nitrogens is 1. The van der Waals surface area contributed by atoms with Gasteiger partial charge in [-0.05, 0) is 56.9 Å². The van der Waals surface area contributed by atoms with E-state index in [1.807, 2.05) is 18.5 Å². The maximum absolute atomic E-state index is 6.18. The van der Waals surface area contributed by atoms with Gasteiger partial charge in [0, 0.05) is 18.0 Å². The van der Waals surface area contributed by atoms with Crippen molar-refractivity contribution in [1.29, 1.82) is 0 Å². The highest BCUT2D eigenvalue weighted by Crippen LogP contribution is 2.47. The molecule has 0 atom stereocenters. The fraction of sp³-hybridized carbons (Fsp3) is 0.706. The first-order chi connectivity index (χ1) is 9.27. The standard InChI is InChI=1S/C17H25NO/c1-14-13-18-12-7-16(14)19-15-5-10-17(11-6-15)8-3-2-4-9-17/h7,12-13,15H,2-6,8-11H2,1H3. The lowest BCUT2D eigenvalue weighted by atomic mass is 9.65. The van der Waals surface area contributed by atoms with E-state index in [1.54, 1.807) is 0 Å². The molecule has 0 radical (unpaired) electrons. The zero-order chi connectivity index (χ0) is 13.1. The van der Waals surface area contributed by atoms with Crippen molar-refractivity contribution < 1.29 is 4.74 Å². The van der Waals surface area contributed by atoms with Crippen LogP contribution in [-0.2, 0) is 0 Å². The minimum atomic E-state index is 0.425. The molecule has 0 N–H and O–H groups in total. The molecule has 19 heavy (non-hydrogen) atoms. The van der Waals surface area contributed by atoms with Crippen LogP contribution < -0.4 is 4.74 Å². The first-order valence-electron chi connectivity index (χ1n) is 7.85. The molecule has 3 rings (SSSR count). The van der Waals surface area contributed by atoms with Gasteiger partial charge in [-0.1, -0.05) is 19.3 Å². The van der Waals surface area contributed by atoms with E-state index in [1.165, 1.54) is 57.8 Å². The average molecular weight is 259 g/mol. The normalized spacial score (nSPS) is 23.4. The van der Waals surface area contributed by atoms with E-state index >= 15 is 0 Å². The van der Waals surface area contributed by atoms with Gasteiger partial charge in [0.05, 0.1) is 6.10 Å². The van der Waals surface area contributed by atoms with Crippen molar-refractivity contribution in [2.75, 3.05) is 0 Å². The van der Waals surface area contributed by atoms with Gasteiger partial charge in [0.25, 0.3) is 0 Å². The van der Waals surface area contributed by atoms with Crippen molar-refractivity contribution >= 4 is 0 Å². The van der Waals surface area contributed by atoms with E-state index in [4.69, 9.17) is 4.74 Å². The molecule has 2 aliphatic carbocycles. The van der Waals surface area contributed by atoms with Crippen LogP contribution >= 0.6 is 0 Å². The van der Waals surface area contributed by atoms with Crippen LogP contribution in [0.5, 0.6) is 5.75 Å². The fourth-order valence-corrected chi connectivity index (χ4v) is 3.90. The molecule has 2 nitrogen and oxygen atoms in total. The molecular weight excluding hydrogens is 234 g/mol. The van der Waals surface area contributed by atoms with Crippen molar-refractivity contribution in [3.63, 3.8) is 0 Å². The number of aryl methyl sites for hydroxylation is 1. The molecule has 1 heterocycles. The lowest BCUT2D eigenvalue weighted by molar-refractivity contribution is 0.0520. The average Bonchev–Trinajstić information content (AvgIpc) is 2.45. The third-order valence-electron chi connectivity index (χ3n) is 5.17. The molecule has 1 aromatic heterocycles.